The summed E-state index contributed by atoms with van der Waals surface area (Å²) in [4.78, 5) is 0. The van der Waals surface area contributed by atoms with Gasteiger partial charge in [-0.1, -0.05) is 20.3 Å². The lowest BCUT2D eigenvalue weighted by Crippen LogP contribution is -2.62. The Morgan fingerprint density at radius 1 is 0.895 bits per heavy atom. The van der Waals surface area contributed by atoms with Gasteiger partial charge in [-0.15, -0.1) is 0 Å². The minimum absolute atomic E-state index is 0.390. The van der Waals surface area contributed by atoms with E-state index in [4.69, 9.17) is 13.3 Å². The van der Waals surface area contributed by atoms with Gasteiger partial charge in [0.1, 0.15) is 0 Å². The molecule has 0 aliphatic rings. The summed E-state index contributed by atoms with van der Waals surface area (Å²) in [6, 6.07) is 0. The monoisotopic (exact) mass is 310 g/mol. The van der Waals surface area contributed by atoms with E-state index in [1.807, 2.05) is 34.6 Å². The van der Waals surface area contributed by atoms with Crippen molar-refractivity contribution in [1.29, 1.82) is 0 Å². The van der Waals surface area contributed by atoms with Crippen molar-refractivity contribution in [1.82, 2.24) is 0 Å². The van der Waals surface area contributed by atoms with Crippen LogP contribution in [0.25, 0.3) is 0 Å². The Bertz CT molecular complexity index is 296. The quantitative estimate of drug-likeness (QED) is 0.430. The van der Waals surface area contributed by atoms with Gasteiger partial charge in [0.15, 0.2) is 4.78 Å². The van der Waals surface area contributed by atoms with Gasteiger partial charge in [-0.05, 0) is 33.6 Å². The molecule has 0 aliphatic carbocycles. The molecule has 1 atom stereocenters. The Kier molecular flexibility index (Phi) is 9.03. The van der Waals surface area contributed by atoms with Crippen LogP contribution in [-0.4, -0.2) is 33.4 Å². The molecule has 1 unspecified atom stereocenters. The van der Waals surface area contributed by atoms with Gasteiger partial charge in [0.05, 0.1) is 0 Å². The van der Waals surface area contributed by atoms with Crippen molar-refractivity contribution in [2.75, 3.05) is 19.8 Å². The second kappa shape index (κ2) is 9.03. The summed E-state index contributed by atoms with van der Waals surface area (Å²) in [5, 5.41) is 0. The van der Waals surface area contributed by atoms with Crippen LogP contribution in [-0.2, 0) is 22.4 Å². The summed E-state index contributed by atoms with van der Waals surface area (Å²) in [5.41, 5.74) is 0. The smallest absolute Gasteiger partial charge is 0.373 e. The summed E-state index contributed by atoms with van der Waals surface area (Å²) >= 11 is 0. The molecule has 0 radical (unpaired) electrons. The molecule has 7 heteroatoms. The van der Waals surface area contributed by atoms with Crippen LogP contribution in [0.3, 0.4) is 0 Å². The van der Waals surface area contributed by atoms with Crippen LogP contribution in [0.2, 0.25) is 0 Å². The topological polar surface area (TPSA) is 61.8 Å². The zero-order valence-corrected chi connectivity index (χ0v) is 14.6. The molecule has 0 aromatic carbocycles. The molecule has 0 amide bonds. The average molecular weight is 310 g/mol. The molecule has 5 nitrogen and oxygen atoms in total. The van der Waals surface area contributed by atoms with E-state index in [-0.39, 0.29) is 0 Å². The molecular formula is C12H27O5PSi. The Hall–Kier alpha value is -0.00312. The number of rotatable bonds is 11. The summed E-state index contributed by atoms with van der Waals surface area (Å²) in [6.45, 7) is 10.5. The molecule has 0 fully saturated rings. The summed E-state index contributed by atoms with van der Waals surface area (Å²) < 4.78 is 40.2. The first kappa shape index (κ1) is 19.0. The Balaban J connectivity index is 5.80. The molecule has 0 N–H and O–H groups in total. The molecule has 0 aromatic heterocycles. The van der Waals surface area contributed by atoms with Crippen LogP contribution in [0.1, 0.15) is 53.9 Å². The molecule has 0 heterocycles. The predicted octanol–water partition coefficient (Wildman–Crippen LogP) is 3.70. The molecule has 0 saturated carbocycles. The maximum atomic E-state index is 11.9. The van der Waals surface area contributed by atoms with E-state index >= 15 is 0 Å². The molecule has 114 valence electrons. The van der Waals surface area contributed by atoms with Gasteiger partial charge in [0.2, 0.25) is 0 Å². The van der Waals surface area contributed by atoms with Crippen LogP contribution in [0.4, 0.5) is 0 Å². The molecule has 0 rings (SSSR count). The first-order valence-corrected chi connectivity index (χ1v) is 9.96. The van der Waals surface area contributed by atoms with Crippen LogP contribution < -0.4 is 0 Å². The molecule has 0 saturated heterocycles. The van der Waals surface area contributed by atoms with Crippen LogP contribution in [0.5, 0.6) is 0 Å². The van der Waals surface area contributed by atoms with Gasteiger partial charge < -0.3 is 13.3 Å². The van der Waals surface area contributed by atoms with Crippen molar-refractivity contribution in [2.24, 2.45) is 0 Å². The van der Waals surface area contributed by atoms with Gasteiger partial charge in [-0.2, -0.15) is 0 Å². The van der Waals surface area contributed by atoms with Crippen LogP contribution >= 0.6 is 7.68 Å². The van der Waals surface area contributed by atoms with E-state index in [1.54, 1.807) is 0 Å². The molecule has 0 aliphatic heterocycles. The van der Waals surface area contributed by atoms with Gasteiger partial charge in [0, 0.05) is 19.8 Å². The summed E-state index contributed by atoms with van der Waals surface area (Å²) in [6.07, 6.45) is 1.71. The van der Waals surface area contributed by atoms with Crippen molar-refractivity contribution < 1.29 is 22.4 Å². The fourth-order valence-corrected chi connectivity index (χ4v) is 7.72. The first-order valence-electron chi connectivity index (χ1n) is 7.06. The van der Waals surface area contributed by atoms with E-state index in [1.165, 1.54) is 0 Å². The van der Waals surface area contributed by atoms with E-state index in [2.05, 4.69) is 0 Å². The highest BCUT2D eigenvalue weighted by molar-refractivity contribution is 7.37. The van der Waals surface area contributed by atoms with Gasteiger partial charge in [0.25, 0.3) is 0 Å². The van der Waals surface area contributed by atoms with E-state index in [9.17, 15) is 9.13 Å². The van der Waals surface area contributed by atoms with Crippen molar-refractivity contribution in [3.05, 3.63) is 0 Å². The Morgan fingerprint density at radius 2 is 1.32 bits per heavy atom. The fourth-order valence-electron chi connectivity index (χ4n) is 2.39. The Labute approximate surface area is 118 Å². The average Bonchev–Trinajstić information content (AvgIpc) is 2.36. The summed E-state index contributed by atoms with van der Waals surface area (Å²) in [7, 11) is -5.95. The zero-order chi connectivity index (χ0) is 14.9. The lowest BCUT2D eigenvalue weighted by molar-refractivity contribution is 0.0540. The van der Waals surface area contributed by atoms with E-state index in [0.29, 0.717) is 32.7 Å². The van der Waals surface area contributed by atoms with Crippen molar-refractivity contribution >= 4 is 16.5 Å². The third kappa shape index (κ3) is 3.98. The molecule has 0 bridgehead atoms. The zero-order valence-electron chi connectivity index (χ0n) is 12.7. The minimum Gasteiger partial charge on any atom is -0.373 e. The lowest BCUT2D eigenvalue weighted by Gasteiger charge is -2.40. The second-order valence-corrected chi connectivity index (χ2v) is 8.97. The minimum atomic E-state index is -3.26. The van der Waals surface area contributed by atoms with Crippen LogP contribution in [0, 0.1) is 0 Å². The normalized spacial score (nSPS) is 15.2. The van der Waals surface area contributed by atoms with Crippen molar-refractivity contribution in [2.45, 2.75) is 58.7 Å². The Morgan fingerprint density at radius 3 is 1.53 bits per heavy atom. The maximum absolute atomic E-state index is 11.9. The van der Waals surface area contributed by atoms with E-state index < -0.39 is 21.3 Å². The van der Waals surface area contributed by atoms with Crippen LogP contribution in [0.15, 0.2) is 0 Å². The fraction of sp³-hybridized carbons (Fsp3) is 1.00. The highest BCUT2D eigenvalue weighted by Gasteiger charge is 2.63. The highest BCUT2D eigenvalue weighted by atomic mass is 31.1. The summed E-state index contributed by atoms with van der Waals surface area (Å²) in [5.74, 6) is 0. The van der Waals surface area contributed by atoms with Gasteiger partial charge >= 0.3 is 16.5 Å². The van der Waals surface area contributed by atoms with E-state index in [0.717, 1.165) is 6.42 Å². The third-order valence-electron chi connectivity index (χ3n) is 3.17. The standard InChI is InChI=1S/C12H27O5PSi/c1-6-11-12(7-2,18(13)14)19(15-8-3,16-9-4)17-10-5/h6-11H2,1-5H3. The third-order valence-corrected chi connectivity index (χ3v) is 9.53. The van der Waals surface area contributed by atoms with Crippen molar-refractivity contribution in [3.8, 4) is 0 Å². The SMILES string of the molecule is CCCC(CC)(P(=O)=O)[Si](OCC)(OCC)OCC. The molecule has 0 spiro atoms. The number of hydrogen-bond donors (Lipinski definition) is 0. The largest absolute Gasteiger partial charge is 0.522 e. The highest BCUT2D eigenvalue weighted by Crippen LogP contribution is 2.46. The predicted molar refractivity (Wildman–Crippen MR) is 76.9 cm³/mol. The second-order valence-electron chi connectivity index (χ2n) is 4.25. The molecule has 0 aromatic rings. The number of hydrogen-bond acceptors (Lipinski definition) is 5. The van der Waals surface area contributed by atoms with Crippen molar-refractivity contribution in [3.63, 3.8) is 0 Å². The lowest BCUT2D eigenvalue weighted by atomic mass is 10.2. The van der Waals surface area contributed by atoms with Gasteiger partial charge in [-0.25, -0.2) is 9.13 Å². The first-order chi connectivity index (χ1) is 9.00. The molecular weight excluding hydrogens is 283 g/mol. The van der Waals surface area contributed by atoms with Gasteiger partial charge in [-0.3, -0.25) is 0 Å². The maximum Gasteiger partial charge on any atom is 0.522 e. The molecule has 19 heavy (non-hydrogen) atoms.